The molecule has 3 aromatic rings. The number of nitrogens with two attached hydrogens (primary N) is 1. The molecule has 0 bridgehead atoms. The summed E-state index contributed by atoms with van der Waals surface area (Å²) in [5, 5.41) is 18.1. The van der Waals surface area contributed by atoms with E-state index in [0.29, 0.717) is 5.56 Å². The summed E-state index contributed by atoms with van der Waals surface area (Å²) in [6.45, 7) is 5.93. The average molecular weight is 425 g/mol. The second-order valence-electron chi connectivity index (χ2n) is 7.23. The third-order valence-corrected chi connectivity index (χ3v) is 6.27. The lowest BCUT2D eigenvalue weighted by Gasteiger charge is -2.16. The summed E-state index contributed by atoms with van der Waals surface area (Å²) in [6.07, 6.45) is 0.977. The summed E-state index contributed by atoms with van der Waals surface area (Å²) in [5.74, 6) is -0.265. The summed E-state index contributed by atoms with van der Waals surface area (Å²) in [5.41, 5.74) is 4.19. The second kappa shape index (κ2) is 9.65. The Morgan fingerprint density at radius 2 is 1.90 bits per heavy atom. The Morgan fingerprint density at radius 1 is 1.17 bits per heavy atom. The molecule has 1 aromatic heterocycles. The van der Waals surface area contributed by atoms with Gasteiger partial charge in [-0.25, -0.2) is 0 Å². The zero-order valence-corrected chi connectivity index (χ0v) is 18.2. The van der Waals surface area contributed by atoms with Gasteiger partial charge in [0.25, 0.3) is 11.6 Å². The van der Waals surface area contributed by atoms with Crippen LogP contribution in [-0.4, -0.2) is 17.4 Å². The predicted octanol–water partition coefficient (Wildman–Crippen LogP) is 4.13. The van der Waals surface area contributed by atoms with Crippen LogP contribution in [0, 0.1) is 24.0 Å². The fourth-order valence-electron chi connectivity index (χ4n) is 3.37. The molecular weight excluding hydrogens is 398 g/mol. The molecule has 0 fully saturated rings. The number of nitrogens with zero attached hydrogens (tertiary/aromatic N) is 1. The predicted molar refractivity (Wildman–Crippen MR) is 120 cm³/mol. The third-order valence-electron chi connectivity index (χ3n) is 5.31. The van der Waals surface area contributed by atoms with Gasteiger partial charge in [0.05, 0.1) is 9.80 Å². The minimum Gasteiger partial charge on any atom is -0.328 e. The van der Waals surface area contributed by atoms with Crippen LogP contribution in [0.1, 0.15) is 40.1 Å². The summed E-state index contributed by atoms with van der Waals surface area (Å²) < 4.78 is 0. The number of benzene rings is 2. The van der Waals surface area contributed by atoms with Crippen molar-refractivity contribution in [3.8, 4) is 0 Å². The number of hydrogen-bond donors (Lipinski definition) is 2. The van der Waals surface area contributed by atoms with E-state index in [-0.39, 0.29) is 29.9 Å². The first-order valence-corrected chi connectivity index (χ1v) is 10.8. The largest absolute Gasteiger partial charge is 0.328 e. The average Bonchev–Trinajstić information content (AvgIpc) is 3.26. The zero-order chi connectivity index (χ0) is 21.7. The Labute approximate surface area is 180 Å². The van der Waals surface area contributed by atoms with E-state index in [1.807, 2.05) is 23.7 Å². The monoisotopic (exact) mass is 424 g/mol. The summed E-state index contributed by atoms with van der Waals surface area (Å²) in [4.78, 5) is 24.8. The van der Waals surface area contributed by atoms with Gasteiger partial charge < -0.3 is 10.6 Å². The Kier molecular flexibility index (Phi) is 6.97. The quantitative estimate of drug-likeness (QED) is 0.421. The van der Waals surface area contributed by atoms with E-state index in [9.17, 15) is 14.9 Å². The number of quaternary nitrogens is 1. The first-order chi connectivity index (χ1) is 14.4. The van der Waals surface area contributed by atoms with Crippen molar-refractivity contribution in [3.05, 3.63) is 91.2 Å². The Hall–Kier alpha value is -3.03. The molecule has 1 heterocycles. The van der Waals surface area contributed by atoms with Gasteiger partial charge in [-0.15, -0.1) is 11.3 Å². The molecular formula is C23H26N3O3S+. The van der Waals surface area contributed by atoms with Crippen molar-refractivity contribution in [2.75, 3.05) is 11.9 Å². The van der Waals surface area contributed by atoms with E-state index < -0.39 is 4.92 Å². The number of nitro groups is 1. The minimum atomic E-state index is -0.463. The van der Waals surface area contributed by atoms with Gasteiger partial charge in [-0.1, -0.05) is 43.3 Å². The van der Waals surface area contributed by atoms with E-state index in [1.165, 1.54) is 11.6 Å². The van der Waals surface area contributed by atoms with E-state index in [2.05, 4.69) is 42.6 Å². The summed E-state index contributed by atoms with van der Waals surface area (Å²) >= 11 is 1.65. The molecule has 156 valence electrons. The molecule has 0 saturated heterocycles. The van der Waals surface area contributed by atoms with Crippen LogP contribution in [0.3, 0.4) is 0 Å². The summed E-state index contributed by atoms with van der Waals surface area (Å²) in [7, 11) is 0. The van der Waals surface area contributed by atoms with Crippen LogP contribution < -0.4 is 10.6 Å². The van der Waals surface area contributed by atoms with Gasteiger partial charge in [0.2, 0.25) is 0 Å². The van der Waals surface area contributed by atoms with Gasteiger partial charge >= 0.3 is 0 Å². The molecule has 3 N–H and O–H groups in total. The second-order valence-corrected chi connectivity index (χ2v) is 8.21. The van der Waals surface area contributed by atoms with Gasteiger partial charge in [0.15, 0.2) is 6.54 Å². The van der Waals surface area contributed by atoms with Crippen LogP contribution in [0.2, 0.25) is 0 Å². The normalized spacial score (nSPS) is 11.8. The molecule has 0 aliphatic carbocycles. The van der Waals surface area contributed by atoms with Gasteiger partial charge in [-0.2, -0.15) is 0 Å². The van der Waals surface area contributed by atoms with Crippen molar-refractivity contribution < 1.29 is 15.0 Å². The van der Waals surface area contributed by atoms with E-state index in [4.69, 9.17) is 0 Å². The zero-order valence-electron chi connectivity index (χ0n) is 17.3. The number of nitrogens with one attached hydrogen (secondary N) is 1. The molecule has 3 rings (SSSR count). The van der Waals surface area contributed by atoms with Gasteiger partial charge in [-0.05, 0) is 48.4 Å². The highest BCUT2D eigenvalue weighted by Gasteiger charge is 2.23. The van der Waals surface area contributed by atoms with Crippen LogP contribution in [-0.2, 0) is 11.2 Å². The fraction of sp³-hybridized carbons (Fsp3) is 0.261. The van der Waals surface area contributed by atoms with Gasteiger partial charge in [0.1, 0.15) is 11.7 Å². The highest BCUT2D eigenvalue weighted by atomic mass is 32.1. The number of thiophene rings is 1. The first kappa shape index (κ1) is 21.7. The van der Waals surface area contributed by atoms with Crippen molar-refractivity contribution in [1.82, 2.24) is 0 Å². The lowest BCUT2D eigenvalue weighted by atomic mass is 10.0. The Balaban J connectivity index is 1.77. The molecule has 1 atom stereocenters. The molecule has 0 unspecified atom stereocenters. The van der Waals surface area contributed by atoms with Crippen molar-refractivity contribution in [2.24, 2.45) is 0 Å². The highest BCUT2D eigenvalue weighted by molar-refractivity contribution is 7.10. The molecule has 0 aliphatic rings. The smallest absolute Gasteiger partial charge is 0.293 e. The maximum atomic E-state index is 12.7. The molecule has 2 aromatic carbocycles. The molecule has 1 amide bonds. The SMILES string of the molecule is CCc1ccc([C@H]([NH2+]CC(=O)Nc2c([N+](=O)[O-])ccc(C)c2C)c2cccs2)cc1. The lowest BCUT2D eigenvalue weighted by Crippen LogP contribution is -2.87. The van der Waals surface area contributed by atoms with Crippen LogP contribution in [0.4, 0.5) is 11.4 Å². The van der Waals surface area contributed by atoms with Crippen LogP contribution in [0.15, 0.2) is 53.9 Å². The van der Waals surface area contributed by atoms with Crippen LogP contribution in [0.5, 0.6) is 0 Å². The van der Waals surface area contributed by atoms with Crippen LogP contribution >= 0.6 is 11.3 Å². The van der Waals surface area contributed by atoms with Crippen molar-refractivity contribution in [1.29, 1.82) is 0 Å². The molecule has 0 saturated carbocycles. The molecule has 7 heteroatoms. The molecule has 0 spiro atoms. The molecule has 0 radical (unpaired) electrons. The van der Waals surface area contributed by atoms with Crippen LogP contribution in [0.25, 0.3) is 0 Å². The minimum absolute atomic E-state index is 0.00440. The number of amides is 1. The molecule has 0 aliphatic heterocycles. The number of rotatable bonds is 8. The summed E-state index contributed by atoms with van der Waals surface area (Å²) in [6, 6.07) is 15.6. The number of nitro benzene ring substituents is 1. The van der Waals surface area contributed by atoms with Gasteiger partial charge in [0, 0.05) is 11.6 Å². The molecule has 6 nitrogen and oxygen atoms in total. The number of carbonyl (C=O) groups excluding carboxylic acids is 1. The number of hydrogen-bond acceptors (Lipinski definition) is 4. The maximum Gasteiger partial charge on any atom is 0.293 e. The first-order valence-electron chi connectivity index (χ1n) is 9.90. The van der Waals surface area contributed by atoms with E-state index >= 15 is 0 Å². The Bertz CT molecular complexity index is 1030. The maximum absolute atomic E-state index is 12.7. The van der Waals surface area contributed by atoms with Gasteiger partial charge in [-0.3, -0.25) is 14.9 Å². The molecule has 30 heavy (non-hydrogen) atoms. The van der Waals surface area contributed by atoms with Crippen molar-refractivity contribution in [2.45, 2.75) is 33.2 Å². The lowest BCUT2D eigenvalue weighted by molar-refractivity contribution is -0.675. The number of anilines is 1. The van der Waals surface area contributed by atoms with E-state index in [0.717, 1.165) is 22.4 Å². The standard InChI is InChI=1S/C23H25N3O3S/c1-4-17-8-10-18(11-9-17)23(20-6-5-13-30-20)24-14-21(27)25-22-16(3)15(2)7-12-19(22)26(28)29/h5-13,23-24H,4,14H2,1-3H3,(H,25,27)/p+1/t23-/m0/s1. The fourth-order valence-corrected chi connectivity index (χ4v) is 4.22. The van der Waals surface area contributed by atoms with Crippen molar-refractivity contribution >= 4 is 28.6 Å². The number of carbonyl (C=O) groups is 1. The van der Waals surface area contributed by atoms with Crippen molar-refractivity contribution in [3.63, 3.8) is 0 Å². The topological polar surface area (TPSA) is 88.8 Å². The number of aryl methyl sites for hydroxylation is 2. The third kappa shape index (κ3) is 4.93. The highest BCUT2D eigenvalue weighted by Crippen LogP contribution is 2.30. The van der Waals surface area contributed by atoms with E-state index in [1.54, 1.807) is 24.3 Å². The Morgan fingerprint density at radius 3 is 2.50 bits per heavy atom.